The van der Waals surface area contributed by atoms with Crippen LogP contribution >= 0.6 is 7.82 Å². The first-order valence-electron chi connectivity index (χ1n) is 5.90. The molecular weight excluding hydrogens is 239 g/mol. The van der Waals surface area contributed by atoms with Crippen molar-refractivity contribution < 1.29 is 18.9 Å². The zero-order valence-corrected chi connectivity index (χ0v) is 10.5. The van der Waals surface area contributed by atoms with Gasteiger partial charge in [-0.25, -0.2) is 4.57 Å². The van der Waals surface area contributed by atoms with Crippen molar-refractivity contribution in [3.8, 4) is 5.75 Å². The maximum Gasteiger partial charge on any atom is 0.524 e. The van der Waals surface area contributed by atoms with E-state index in [-0.39, 0.29) is 0 Å². The van der Waals surface area contributed by atoms with Gasteiger partial charge >= 0.3 is 7.82 Å². The Hall–Kier alpha value is -0.830. The van der Waals surface area contributed by atoms with Crippen molar-refractivity contribution in [2.24, 2.45) is 0 Å². The fourth-order valence-corrected chi connectivity index (χ4v) is 2.87. The zero-order chi connectivity index (χ0) is 12.3. The van der Waals surface area contributed by atoms with E-state index in [2.05, 4.69) is 0 Å². The molecule has 0 aromatic heterocycles. The van der Waals surface area contributed by atoms with Crippen LogP contribution < -0.4 is 4.52 Å². The Morgan fingerprint density at radius 3 is 2.41 bits per heavy atom. The molecule has 4 nitrogen and oxygen atoms in total. The van der Waals surface area contributed by atoms with E-state index in [0.29, 0.717) is 11.7 Å². The quantitative estimate of drug-likeness (QED) is 0.815. The predicted octanol–water partition coefficient (Wildman–Crippen LogP) is 3.21. The SMILES string of the molecule is O=P(O)(O)Oc1ccccc1C1CCCCC1. The van der Waals surface area contributed by atoms with Gasteiger partial charge in [-0.05, 0) is 30.4 Å². The molecule has 0 aliphatic heterocycles. The second kappa shape index (κ2) is 5.21. The third-order valence-electron chi connectivity index (χ3n) is 3.18. The first-order chi connectivity index (χ1) is 8.06. The topological polar surface area (TPSA) is 66.8 Å². The fourth-order valence-electron chi connectivity index (χ4n) is 2.44. The first-order valence-corrected chi connectivity index (χ1v) is 7.43. The van der Waals surface area contributed by atoms with Crippen molar-refractivity contribution in [3.05, 3.63) is 29.8 Å². The molecular formula is C12H17O4P. The van der Waals surface area contributed by atoms with Crippen LogP contribution in [0.25, 0.3) is 0 Å². The van der Waals surface area contributed by atoms with Crippen molar-refractivity contribution in [3.63, 3.8) is 0 Å². The third kappa shape index (κ3) is 3.56. The molecule has 0 atom stereocenters. The van der Waals surface area contributed by atoms with E-state index in [1.54, 1.807) is 12.1 Å². The largest absolute Gasteiger partial charge is 0.524 e. The van der Waals surface area contributed by atoms with Gasteiger partial charge < -0.3 is 4.52 Å². The van der Waals surface area contributed by atoms with Crippen LogP contribution in [0.3, 0.4) is 0 Å². The molecule has 94 valence electrons. The van der Waals surface area contributed by atoms with Crippen molar-refractivity contribution in [2.45, 2.75) is 38.0 Å². The number of rotatable bonds is 3. The summed E-state index contributed by atoms with van der Waals surface area (Å²) in [7, 11) is -4.47. The van der Waals surface area contributed by atoms with Crippen LogP contribution in [-0.2, 0) is 4.57 Å². The maximum absolute atomic E-state index is 10.9. The highest BCUT2D eigenvalue weighted by Gasteiger charge is 2.23. The summed E-state index contributed by atoms with van der Waals surface area (Å²) in [6, 6.07) is 7.15. The van der Waals surface area contributed by atoms with Gasteiger partial charge in [-0.15, -0.1) is 0 Å². The predicted molar refractivity (Wildman–Crippen MR) is 64.9 cm³/mol. The Labute approximate surface area is 101 Å². The minimum atomic E-state index is -4.47. The summed E-state index contributed by atoms with van der Waals surface area (Å²) in [5.41, 5.74) is 0.926. The highest BCUT2D eigenvalue weighted by atomic mass is 31.2. The van der Waals surface area contributed by atoms with Crippen LogP contribution in [0.4, 0.5) is 0 Å². The number of hydrogen-bond donors (Lipinski definition) is 2. The number of benzene rings is 1. The molecule has 1 aromatic rings. The molecule has 2 N–H and O–H groups in total. The average molecular weight is 256 g/mol. The van der Waals surface area contributed by atoms with Crippen molar-refractivity contribution in [2.75, 3.05) is 0 Å². The van der Waals surface area contributed by atoms with Crippen LogP contribution in [0.15, 0.2) is 24.3 Å². The monoisotopic (exact) mass is 256 g/mol. The zero-order valence-electron chi connectivity index (χ0n) is 9.58. The Morgan fingerprint density at radius 1 is 1.12 bits per heavy atom. The lowest BCUT2D eigenvalue weighted by molar-refractivity contribution is 0.280. The molecule has 0 amide bonds. The molecule has 1 saturated carbocycles. The number of hydrogen-bond acceptors (Lipinski definition) is 2. The van der Waals surface area contributed by atoms with Gasteiger partial charge in [0.2, 0.25) is 0 Å². The minimum absolute atomic E-state index is 0.327. The van der Waals surface area contributed by atoms with Gasteiger partial charge in [0.05, 0.1) is 0 Å². The van der Waals surface area contributed by atoms with E-state index in [0.717, 1.165) is 18.4 Å². The molecule has 0 saturated heterocycles. The number of para-hydroxylation sites is 1. The van der Waals surface area contributed by atoms with E-state index in [1.807, 2.05) is 12.1 Å². The molecule has 1 aromatic carbocycles. The summed E-state index contributed by atoms with van der Waals surface area (Å²) < 4.78 is 15.7. The Balaban J connectivity index is 2.23. The number of phosphoric acid groups is 1. The molecule has 0 radical (unpaired) electrons. The lowest BCUT2D eigenvalue weighted by atomic mass is 9.84. The maximum atomic E-state index is 10.9. The molecule has 0 heterocycles. The highest BCUT2D eigenvalue weighted by Crippen LogP contribution is 2.43. The Kier molecular flexibility index (Phi) is 3.87. The molecule has 0 unspecified atom stereocenters. The van der Waals surface area contributed by atoms with E-state index in [4.69, 9.17) is 14.3 Å². The standard InChI is InChI=1S/C12H17O4P/c13-17(14,15)16-12-9-5-4-8-11(12)10-6-2-1-3-7-10/h4-5,8-10H,1-3,6-7H2,(H2,13,14,15). The normalized spacial score (nSPS) is 18.0. The summed E-state index contributed by atoms with van der Waals surface area (Å²) in [6.07, 6.45) is 5.74. The molecule has 0 spiro atoms. The van der Waals surface area contributed by atoms with Crippen LogP contribution in [0.5, 0.6) is 5.75 Å². The average Bonchev–Trinajstić information content (AvgIpc) is 2.29. The fraction of sp³-hybridized carbons (Fsp3) is 0.500. The molecule has 17 heavy (non-hydrogen) atoms. The second-order valence-corrected chi connectivity index (χ2v) is 5.62. The van der Waals surface area contributed by atoms with Gasteiger partial charge in [-0.3, -0.25) is 9.79 Å². The second-order valence-electron chi connectivity index (χ2n) is 4.45. The van der Waals surface area contributed by atoms with Crippen molar-refractivity contribution in [1.29, 1.82) is 0 Å². The number of phosphoric ester groups is 1. The van der Waals surface area contributed by atoms with E-state index in [1.165, 1.54) is 19.3 Å². The lowest BCUT2D eigenvalue weighted by Crippen LogP contribution is -2.06. The van der Waals surface area contributed by atoms with Gasteiger partial charge in [0.25, 0.3) is 0 Å². The van der Waals surface area contributed by atoms with Gasteiger partial charge in [0.1, 0.15) is 5.75 Å². The van der Waals surface area contributed by atoms with Crippen molar-refractivity contribution in [1.82, 2.24) is 0 Å². The smallest absolute Gasteiger partial charge is 0.404 e. The molecule has 1 aliphatic rings. The summed E-state index contributed by atoms with van der Waals surface area (Å²) >= 11 is 0. The van der Waals surface area contributed by atoms with Crippen LogP contribution in [0.2, 0.25) is 0 Å². The third-order valence-corrected chi connectivity index (χ3v) is 3.62. The molecule has 2 rings (SSSR count). The van der Waals surface area contributed by atoms with Crippen molar-refractivity contribution >= 4 is 7.82 Å². The van der Waals surface area contributed by atoms with Gasteiger partial charge in [0.15, 0.2) is 0 Å². The summed E-state index contributed by atoms with van der Waals surface area (Å²) in [4.78, 5) is 17.8. The summed E-state index contributed by atoms with van der Waals surface area (Å²) in [6.45, 7) is 0. The Bertz CT molecular complexity index is 420. The molecule has 1 aliphatic carbocycles. The minimum Gasteiger partial charge on any atom is -0.404 e. The van der Waals surface area contributed by atoms with Gasteiger partial charge in [-0.1, -0.05) is 37.5 Å². The summed E-state index contributed by atoms with van der Waals surface area (Å²) in [5, 5.41) is 0. The lowest BCUT2D eigenvalue weighted by Gasteiger charge is -2.24. The van der Waals surface area contributed by atoms with E-state index >= 15 is 0 Å². The highest BCUT2D eigenvalue weighted by molar-refractivity contribution is 7.46. The van der Waals surface area contributed by atoms with Gasteiger partial charge in [0, 0.05) is 0 Å². The summed E-state index contributed by atoms with van der Waals surface area (Å²) in [5.74, 6) is 0.694. The van der Waals surface area contributed by atoms with E-state index in [9.17, 15) is 4.57 Å². The van der Waals surface area contributed by atoms with E-state index < -0.39 is 7.82 Å². The first kappa shape index (κ1) is 12.6. The van der Waals surface area contributed by atoms with Crippen LogP contribution in [-0.4, -0.2) is 9.79 Å². The van der Waals surface area contributed by atoms with Crippen LogP contribution in [0.1, 0.15) is 43.6 Å². The molecule has 0 bridgehead atoms. The Morgan fingerprint density at radius 2 is 1.76 bits per heavy atom. The molecule has 1 fully saturated rings. The molecule has 5 heteroatoms. The van der Waals surface area contributed by atoms with Gasteiger partial charge in [-0.2, -0.15) is 0 Å². The van der Waals surface area contributed by atoms with Crippen LogP contribution in [0, 0.1) is 0 Å².